The first kappa shape index (κ1) is 24.5. The highest BCUT2D eigenvalue weighted by Gasteiger charge is 2.48. The van der Waals surface area contributed by atoms with Gasteiger partial charge >= 0.3 is 0 Å². The van der Waals surface area contributed by atoms with Crippen LogP contribution in [0.5, 0.6) is 11.5 Å². The van der Waals surface area contributed by atoms with Crippen molar-refractivity contribution in [2.45, 2.75) is 19.0 Å². The van der Waals surface area contributed by atoms with Gasteiger partial charge in [0.25, 0.3) is 5.91 Å². The fourth-order valence-corrected chi connectivity index (χ4v) is 4.12. The minimum absolute atomic E-state index is 0.0581. The van der Waals surface area contributed by atoms with Crippen LogP contribution in [0.4, 0.5) is 0 Å². The molecular formula is C24H25BrN4O6. The van der Waals surface area contributed by atoms with Gasteiger partial charge in [-0.15, -0.1) is 0 Å². The number of ether oxygens (including phenoxy) is 2. The molecule has 0 saturated heterocycles. The van der Waals surface area contributed by atoms with Crippen LogP contribution in [-0.2, 0) is 16.1 Å². The second-order valence-corrected chi connectivity index (χ2v) is 9.39. The number of nitrogens with zero attached hydrogens (tertiary/aromatic N) is 3. The Hall–Kier alpha value is -3.60. The predicted octanol–water partition coefficient (Wildman–Crippen LogP) is 2.60. The van der Waals surface area contributed by atoms with E-state index in [4.69, 9.17) is 13.9 Å². The summed E-state index contributed by atoms with van der Waals surface area (Å²) in [6.45, 7) is 1.08. The number of fused-ring (bicyclic) bond motifs is 3. The number of likely N-dealkylation sites (N-methyl/N-ethyl adjacent to an activating group) is 1. The van der Waals surface area contributed by atoms with Gasteiger partial charge < -0.3 is 29.0 Å². The van der Waals surface area contributed by atoms with E-state index >= 15 is 0 Å². The van der Waals surface area contributed by atoms with Gasteiger partial charge in [-0.2, -0.15) is 0 Å². The van der Waals surface area contributed by atoms with E-state index in [1.807, 2.05) is 0 Å². The summed E-state index contributed by atoms with van der Waals surface area (Å²) in [4.78, 5) is 46.7. The number of benzene rings is 1. The van der Waals surface area contributed by atoms with Crippen LogP contribution in [0.15, 0.2) is 45.4 Å². The first-order valence-corrected chi connectivity index (χ1v) is 11.6. The number of halogens is 1. The highest BCUT2D eigenvalue weighted by atomic mass is 79.9. The Morgan fingerprint density at radius 2 is 2.09 bits per heavy atom. The predicted molar refractivity (Wildman–Crippen MR) is 130 cm³/mol. The Morgan fingerprint density at radius 3 is 2.80 bits per heavy atom. The van der Waals surface area contributed by atoms with Crippen molar-refractivity contribution in [3.8, 4) is 11.5 Å². The number of furan rings is 1. The number of carbonyl (C=O) groups excluding carboxylic acids is 3. The molecular weight excluding hydrogens is 520 g/mol. The van der Waals surface area contributed by atoms with Gasteiger partial charge in [0.15, 0.2) is 11.3 Å². The molecule has 3 amide bonds. The van der Waals surface area contributed by atoms with E-state index in [9.17, 15) is 14.4 Å². The molecule has 184 valence electrons. The van der Waals surface area contributed by atoms with Gasteiger partial charge in [-0.25, -0.2) is 0 Å². The van der Waals surface area contributed by atoms with Crippen LogP contribution < -0.4 is 14.8 Å². The number of methoxy groups -OCH3 is 1. The van der Waals surface area contributed by atoms with E-state index in [1.165, 1.54) is 16.9 Å². The molecule has 4 rings (SSSR count). The highest BCUT2D eigenvalue weighted by molar-refractivity contribution is 9.10. The fraction of sp³-hybridized carbons (Fsp3) is 0.333. The number of pyridine rings is 1. The van der Waals surface area contributed by atoms with Gasteiger partial charge in [0.2, 0.25) is 17.6 Å². The molecule has 0 fully saturated rings. The number of amides is 3. The van der Waals surface area contributed by atoms with Crippen LogP contribution in [-0.4, -0.2) is 72.4 Å². The van der Waals surface area contributed by atoms with Crippen LogP contribution >= 0.6 is 15.9 Å². The lowest BCUT2D eigenvalue weighted by Crippen LogP contribution is -2.62. The third kappa shape index (κ3) is 4.55. The molecule has 0 aliphatic carbocycles. The van der Waals surface area contributed by atoms with Crippen LogP contribution in [0.3, 0.4) is 0 Å². The van der Waals surface area contributed by atoms with Crippen molar-refractivity contribution in [3.05, 3.63) is 52.5 Å². The van der Waals surface area contributed by atoms with Crippen molar-refractivity contribution in [1.29, 1.82) is 0 Å². The molecule has 0 radical (unpaired) electrons. The molecule has 10 nitrogen and oxygen atoms in total. The lowest BCUT2D eigenvalue weighted by Gasteiger charge is -2.37. The van der Waals surface area contributed by atoms with Gasteiger partial charge in [-0.3, -0.25) is 19.4 Å². The summed E-state index contributed by atoms with van der Waals surface area (Å²) in [5.74, 6) is -0.792. The quantitative estimate of drug-likeness (QED) is 0.507. The first-order valence-electron chi connectivity index (χ1n) is 10.8. The zero-order valence-electron chi connectivity index (χ0n) is 19.8. The molecule has 0 unspecified atom stereocenters. The van der Waals surface area contributed by atoms with Crippen molar-refractivity contribution in [2.75, 3.05) is 34.4 Å². The minimum Gasteiger partial charge on any atom is -0.495 e. The van der Waals surface area contributed by atoms with Crippen molar-refractivity contribution < 1.29 is 28.3 Å². The first-order chi connectivity index (χ1) is 16.7. The van der Waals surface area contributed by atoms with Crippen LogP contribution in [0.2, 0.25) is 0 Å². The summed E-state index contributed by atoms with van der Waals surface area (Å²) < 4.78 is 17.9. The van der Waals surface area contributed by atoms with Crippen molar-refractivity contribution in [3.63, 3.8) is 0 Å². The molecule has 0 bridgehead atoms. The largest absolute Gasteiger partial charge is 0.495 e. The standard InChI is InChI=1S/C24H25BrN4O6/c1-24(23(32)27-11-16-17(33-4)6-5-9-26-16)13-34-20-15-8-7-14(25)10-18(15)35-21(20)22(31)29(24)12-19(30)28(2)3/h5-10H,11-13H2,1-4H3,(H,27,32)/t24-/m1/s1. The van der Waals surface area contributed by atoms with E-state index in [2.05, 4.69) is 26.2 Å². The normalized spacial score (nSPS) is 17.4. The molecule has 3 heterocycles. The van der Waals surface area contributed by atoms with Gasteiger partial charge in [0.1, 0.15) is 30.2 Å². The summed E-state index contributed by atoms with van der Waals surface area (Å²) in [6.07, 6.45) is 1.59. The molecule has 2 aromatic heterocycles. The maximum Gasteiger partial charge on any atom is 0.295 e. The third-order valence-corrected chi connectivity index (χ3v) is 6.40. The topological polar surface area (TPSA) is 114 Å². The Balaban J connectivity index is 1.70. The number of hydrogen-bond donors (Lipinski definition) is 1. The summed E-state index contributed by atoms with van der Waals surface area (Å²) in [5.41, 5.74) is -0.548. The smallest absolute Gasteiger partial charge is 0.295 e. The average molecular weight is 545 g/mol. The number of carbonyl (C=O) groups is 3. The Labute approximate surface area is 210 Å². The van der Waals surface area contributed by atoms with Crippen molar-refractivity contribution in [1.82, 2.24) is 20.1 Å². The van der Waals surface area contributed by atoms with Crippen molar-refractivity contribution in [2.24, 2.45) is 0 Å². The van der Waals surface area contributed by atoms with E-state index in [-0.39, 0.29) is 37.1 Å². The molecule has 1 aliphatic heterocycles. The lowest BCUT2D eigenvalue weighted by atomic mass is 9.99. The summed E-state index contributed by atoms with van der Waals surface area (Å²) in [5, 5.41) is 3.41. The molecule has 1 N–H and O–H groups in total. The average Bonchev–Trinajstić information content (AvgIpc) is 3.16. The summed E-state index contributed by atoms with van der Waals surface area (Å²) in [7, 11) is 4.67. The zero-order valence-corrected chi connectivity index (χ0v) is 21.3. The summed E-state index contributed by atoms with van der Waals surface area (Å²) >= 11 is 3.39. The zero-order chi connectivity index (χ0) is 25.3. The van der Waals surface area contributed by atoms with E-state index in [1.54, 1.807) is 57.5 Å². The molecule has 35 heavy (non-hydrogen) atoms. The monoisotopic (exact) mass is 544 g/mol. The molecule has 1 atom stereocenters. The van der Waals surface area contributed by atoms with E-state index in [0.29, 0.717) is 22.4 Å². The molecule has 3 aromatic rings. The Kier molecular flexibility index (Phi) is 6.70. The number of aromatic nitrogens is 1. The third-order valence-electron chi connectivity index (χ3n) is 5.91. The molecule has 11 heteroatoms. The Bertz CT molecular complexity index is 1310. The number of hydrogen-bond acceptors (Lipinski definition) is 7. The number of nitrogens with one attached hydrogen (secondary N) is 1. The molecule has 1 aliphatic rings. The van der Waals surface area contributed by atoms with Gasteiger partial charge in [0.05, 0.1) is 19.0 Å². The van der Waals surface area contributed by atoms with E-state index < -0.39 is 17.4 Å². The second-order valence-electron chi connectivity index (χ2n) is 8.48. The molecule has 0 saturated carbocycles. The maximum atomic E-state index is 13.7. The second kappa shape index (κ2) is 9.57. The molecule has 0 spiro atoms. The highest BCUT2D eigenvalue weighted by Crippen LogP contribution is 2.39. The van der Waals surface area contributed by atoms with E-state index in [0.717, 1.165) is 4.47 Å². The van der Waals surface area contributed by atoms with Crippen LogP contribution in [0.1, 0.15) is 23.2 Å². The van der Waals surface area contributed by atoms with Gasteiger partial charge in [-0.05, 0) is 37.3 Å². The van der Waals surface area contributed by atoms with Gasteiger partial charge in [-0.1, -0.05) is 15.9 Å². The van der Waals surface area contributed by atoms with Gasteiger partial charge in [0, 0.05) is 24.8 Å². The summed E-state index contributed by atoms with van der Waals surface area (Å²) in [6, 6.07) is 8.75. The minimum atomic E-state index is -1.52. The van der Waals surface area contributed by atoms with Crippen LogP contribution in [0.25, 0.3) is 11.0 Å². The van der Waals surface area contributed by atoms with Crippen LogP contribution in [0, 0.1) is 0 Å². The maximum absolute atomic E-state index is 13.7. The Morgan fingerprint density at radius 1 is 1.31 bits per heavy atom. The lowest BCUT2D eigenvalue weighted by molar-refractivity contribution is -0.137. The number of rotatable bonds is 6. The SMILES string of the molecule is COc1cccnc1CNC(=O)[C@@]1(C)COc2c(oc3cc(Br)ccc23)C(=O)N1CC(=O)N(C)C. The molecule has 1 aromatic carbocycles. The fourth-order valence-electron chi connectivity index (χ4n) is 3.78. The van der Waals surface area contributed by atoms with Crippen molar-refractivity contribution >= 4 is 44.6 Å².